The van der Waals surface area contributed by atoms with Gasteiger partial charge in [-0.05, 0) is 39.8 Å². The van der Waals surface area contributed by atoms with Crippen LogP contribution in [0.5, 0.6) is 0 Å². The molecule has 0 aliphatic heterocycles. The molecular weight excluding hydrogens is 234 g/mol. The minimum Gasteiger partial charge on any atom is -0.346 e. The molecule has 0 saturated carbocycles. The molecule has 0 unspecified atom stereocenters. The number of ether oxygens (including phenoxy) is 2. The zero-order valence-corrected chi connectivity index (χ0v) is 11.1. The van der Waals surface area contributed by atoms with Crippen LogP contribution in [0.3, 0.4) is 0 Å². The van der Waals surface area contributed by atoms with Crippen LogP contribution in [0, 0.1) is 10.1 Å². The standard InChI is InChI=1S/C13H19NO4/c1-9(2)17-13(18-10(3)4)11-5-7-12(8-6-11)14(15)16/h5-10,13H,1-4H3. The van der Waals surface area contributed by atoms with E-state index in [9.17, 15) is 10.1 Å². The SMILES string of the molecule is CC(C)OC(OC(C)C)c1ccc([N+](=O)[O-])cc1. The summed E-state index contributed by atoms with van der Waals surface area (Å²) in [5.41, 5.74) is 0.842. The summed E-state index contributed by atoms with van der Waals surface area (Å²) >= 11 is 0. The van der Waals surface area contributed by atoms with Crippen molar-refractivity contribution in [2.45, 2.75) is 46.2 Å². The molecule has 0 bridgehead atoms. The lowest BCUT2D eigenvalue weighted by Gasteiger charge is -2.23. The van der Waals surface area contributed by atoms with E-state index in [1.54, 1.807) is 12.1 Å². The monoisotopic (exact) mass is 253 g/mol. The van der Waals surface area contributed by atoms with Gasteiger partial charge in [-0.25, -0.2) is 0 Å². The van der Waals surface area contributed by atoms with Crippen molar-refractivity contribution in [2.75, 3.05) is 0 Å². The molecule has 0 fully saturated rings. The van der Waals surface area contributed by atoms with E-state index in [4.69, 9.17) is 9.47 Å². The fraction of sp³-hybridized carbons (Fsp3) is 0.538. The highest BCUT2D eigenvalue weighted by Gasteiger charge is 2.17. The predicted molar refractivity (Wildman–Crippen MR) is 68.3 cm³/mol. The Morgan fingerprint density at radius 3 is 1.78 bits per heavy atom. The maximum atomic E-state index is 10.6. The van der Waals surface area contributed by atoms with E-state index < -0.39 is 11.2 Å². The average molecular weight is 253 g/mol. The molecule has 1 aromatic rings. The lowest BCUT2D eigenvalue weighted by atomic mass is 10.2. The highest BCUT2D eigenvalue weighted by Crippen LogP contribution is 2.24. The zero-order valence-electron chi connectivity index (χ0n) is 11.1. The summed E-state index contributed by atoms with van der Waals surface area (Å²) in [7, 11) is 0. The Balaban J connectivity index is 2.87. The quantitative estimate of drug-likeness (QED) is 0.442. The van der Waals surface area contributed by atoms with E-state index in [0.29, 0.717) is 0 Å². The van der Waals surface area contributed by atoms with Crippen molar-refractivity contribution >= 4 is 5.69 Å². The Morgan fingerprint density at radius 1 is 1.00 bits per heavy atom. The molecule has 0 atom stereocenters. The van der Waals surface area contributed by atoms with Gasteiger partial charge in [0.2, 0.25) is 0 Å². The third-order valence-electron chi connectivity index (χ3n) is 2.17. The van der Waals surface area contributed by atoms with Gasteiger partial charge in [-0.15, -0.1) is 0 Å². The molecule has 0 spiro atoms. The average Bonchev–Trinajstić information content (AvgIpc) is 2.27. The van der Waals surface area contributed by atoms with Crippen molar-refractivity contribution in [3.8, 4) is 0 Å². The third kappa shape index (κ3) is 4.43. The Hall–Kier alpha value is -1.46. The van der Waals surface area contributed by atoms with Crippen molar-refractivity contribution in [3.63, 3.8) is 0 Å². The van der Waals surface area contributed by atoms with Gasteiger partial charge in [-0.2, -0.15) is 0 Å². The second kappa shape index (κ2) is 6.47. The molecule has 100 valence electrons. The first-order valence-corrected chi connectivity index (χ1v) is 5.95. The molecular formula is C13H19NO4. The predicted octanol–water partition coefficient (Wildman–Crippen LogP) is 3.44. The molecule has 1 aromatic carbocycles. The molecule has 0 heterocycles. The molecule has 0 radical (unpaired) electrons. The molecule has 1 rings (SSSR count). The van der Waals surface area contributed by atoms with Gasteiger partial charge >= 0.3 is 0 Å². The number of non-ortho nitro benzene ring substituents is 1. The molecule has 18 heavy (non-hydrogen) atoms. The number of nitro benzene ring substituents is 1. The minimum atomic E-state index is -0.495. The van der Waals surface area contributed by atoms with Crippen LogP contribution in [0.15, 0.2) is 24.3 Å². The fourth-order valence-electron chi connectivity index (χ4n) is 1.44. The van der Waals surface area contributed by atoms with E-state index in [-0.39, 0.29) is 17.9 Å². The van der Waals surface area contributed by atoms with Crippen molar-refractivity contribution in [2.24, 2.45) is 0 Å². The van der Waals surface area contributed by atoms with E-state index in [1.807, 2.05) is 27.7 Å². The van der Waals surface area contributed by atoms with Gasteiger partial charge in [0.15, 0.2) is 6.29 Å². The third-order valence-corrected chi connectivity index (χ3v) is 2.17. The van der Waals surface area contributed by atoms with Crippen LogP contribution in [0.25, 0.3) is 0 Å². The Labute approximate surface area is 107 Å². The van der Waals surface area contributed by atoms with E-state index in [0.717, 1.165) is 5.56 Å². The summed E-state index contributed by atoms with van der Waals surface area (Å²) in [6.07, 6.45) is -0.460. The largest absolute Gasteiger partial charge is 0.346 e. The van der Waals surface area contributed by atoms with Crippen LogP contribution in [-0.2, 0) is 9.47 Å². The van der Waals surface area contributed by atoms with Gasteiger partial charge in [-0.1, -0.05) is 0 Å². The van der Waals surface area contributed by atoms with Crippen molar-refractivity contribution in [1.29, 1.82) is 0 Å². The zero-order chi connectivity index (χ0) is 13.7. The lowest BCUT2D eigenvalue weighted by Crippen LogP contribution is -2.17. The first kappa shape index (κ1) is 14.6. The van der Waals surface area contributed by atoms with Crippen LogP contribution < -0.4 is 0 Å². The first-order valence-electron chi connectivity index (χ1n) is 5.95. The van der Waals surface area contributed by atoms with Crippen LogP contribution in [0.2, 0.25) is 0 Å². The van der Waals surface area contributed by atoms with E-state index in [2.05, 4.69) is 0 Å². The van der Waals surface area contributed by atoms with Gasteiger partial charge in [-0.3, -0.25) is 10.1 Å². The molecule has 0 saturated heterocycles. The molecule has 0 aromatic heterocycles. The smallest absolute Gasteiger partial charge is 0.269 e. The normalized spacial score (nSPS) is 11.5. The van der Waals surface area contributed by atoms with E-state index >= 15 is 0 Å². The molecule has 5 nitrogen and oxygen atoms in total. The van der Waals surface area contributed by atoms with Gasteiger partial charge < -0.3 is 9.47 Å². The van der Waals surface area contributed by atoms with Gasteiger partial charge in [0, 0.05) is 17.7 Å². The second-order valence-electron chi connectivity index (χ2n) is 4.55. The number of nitro groups is 1. The second-order valence-corrected chi connectivity index (χ2v) is 4.55. The van der Waals surface area contributed by atoms with Gasteiger partial charge in [0.25, 0.3) is 5.69 Å². The van der Waals surface area contributed by atoms with Crippen LogP contribution >= 0.6 is 0 Å². The maximum Gasteiger partial charge on any atom is 0.269 e. The maximum absolute atomic E-state index is 10.6. The van der Waals surface area contributed by atoms with Crippen molar-refractivity contribution in [3.05, 3.63) is 39.9 Å². The number of nitrogens with zero attached hydrogens (tertiary/aromatic N) is 1. The molecule has 0 aliphatic carbocycles. The Kier molecular flexibility index (Phi) is 5.25. The molecule has 0 N–H and O–H groups in total. The van der Waals surface area contributed by atoms with Crippen molar-refractivity contribution < 1.29 is 14.4 Å². The summed E-state index contributed by atoms with van der Waals surface area (Å²) in [4.78, 5) is 10.2. The Bertz CT molecular complexity index is 376. The Morgan fingerprint density at radius 2 is 1.44 bits per heavy atom. The highest BCUT2D eigenvalue weighted by atomic mass is 16.7. The van der Waals surface area contributed by atoms with Crippen LogP contribution in [0.1, 0.15) is 39.5 Å². The number of hydrogen-bond acceptors (Lipinski definition) is 4. The van der Waals surface area contributed by atoms with Crippen LogP contribution in [0.4, 0.5) is 5.69 Å². The van der Waals surface area contributed by atoms with E-state index in [1.165, 1.54) is 12.1 Å². The molecule has 5 heteroatoms. The lowest BCUT2D eigenvalue weighted by molar-refractivity contribution is -0.384. The summed E-state index contributed by atoms with van der Waals surface area (Å²) in [6, 6.07) is 6.23. The summed E-state index contributed by atoms with van der Waals surface area (Å²) in [5.74, 6) is 0. The molecule has 0 aliphatic rings. The fourth-order valence-corrected chi connectivity index (χ4v) is 1.44. The summed E-state index contributed by atoms with van der Waals surface area (Å²) in [6.45, 7) is 7.67. The minimum absolute atomic E-state index is 0.0175. The highest BCUT2D eigenvalue weighted by molar-refractivity contribution is 5.33. The number of rotatable bonds is 6. The van der Waals surface area contributed by atoms with Gasteiger partial charge in [0.05, 0.1) is 17.1 Å². The number of hydrogen-bond donors (Lipinski definition) is 0. The molecule has 0 amide bonds. The topological polar surface area (TPSA) is 61.6 Å². The summed E-state index contributed by atoms with van der Waals surface area (Å²) < 4.78 is 11.3. The van der Waals surface area contributed by atoms with Crippen molar-refractivity contribution in [1.82, 2.24) is 0 Å². The number of benzene rings is 1. The summed E-state index contributed by atoms with van der Waals surface area (Å²) in [5, 5.41) is 10.6. The van der Waals surface area contributed by atoms with Gasteiger partial charge in [0.1, 0.15) is 0 Å². The first-order chi connectivity index (χ1) is 8.40. The van der Waals surface area contributed by atoms with Crippen LogP contribution in [-0.4, -0.2) is 17.1 Å².